The number of rotatable bonds is 5. The number of aromatic hydroxyl groups is 1. The van der Waals surface area contributed by atoms with E-state index in [1.54, 1.807) is 19.2 Å². The fourth-order valence-corrected chi connectivity index (χ4v) is 2.68. The van der Waals surface area contributed by atoms with E-state index in [0.717, 1.165) is 42.3 Å². The number of hydrogen-bond acceptors (Lipinski definition) is 5. The van der Waals surface area contributed by atoms with E-state index < -0.39 is 0 Å². The third-order valence-electron chi connectivity index (χ3n) is 3.91. The van der Waals surface area contributed by atoms with Gasteiger partial charge >= 0.3 is 0 Å². The van der Waals surface area contributed by atoms with Crippen molar-refractivity contribution in [2.24, 2.45) is 0 Å². The van der Waals surface area contributed by atoms with Crippen LogP contribution < -0.4 is 10.1 Å². The summed E-state index contributed by atoms with van der Waals surface area (Å²) in [5, 5.41) is 21.8. The van der Waals surface area contributed by atoms with Crippen LogP contribution in [0, 0.1) is 0 Å². The van der Waals surface area contributed by atoms with Crippen molar-refractivity contribution in [3.05, 3.63) is 35.4 Å². The lowest BCUT2D eigenvalue weighted by atomic mass is 10.1. The molecule has 3 rings (SSSR count). The number of nitrogens with one attached hydrogen (secondary N) is 1. The van der Waals surface area contributed by atoms with Crippen LogP contribution in [0.25, 0.3) is 0 Å². The Morgan fingerprint density at radius 2 is 2.29 bits per heavy atom. The molecule has 0 saturated heterocycles. The molecule has 2 heterocycles. The van der Waals surface area contributed by atoms with Gasteiger partial charge in [-0.3, -0.25) is 0 Å². The first-order valence-corrected chi connectivity index (χ1v) is 7.20. The molecule has 6 heteroatoms. The average molecular weight is 288 g/mol. The minimum absolute atomic E-state index is 0.0787. The van der Waals surface area contributed by atoms with Crippen molar-refractivity contribution in [2.75, 3.05) is 7.11 Å². The van der Waals surface area contributed by atoms with Crippen molar-refractivity contribution >= 4 is 0 Å². The first kappa shape index (κ1) is 13.9. The summed E-state index contributed by atoms with van der Waals surface area (Å²) in [6.07, 6.45) is 2.15. The summed E-state index contributed by atoms with van der Waals surface area (Å²) in [5.41, 5.74) is 0.808. The van der Waals surface area contributed by atoms with Gasteiger partial charge in [-0.2, -0.15) is 0 Å². The number of methoxy groups -OCH3 is 1. The number of nitrogens with zero attached hydrogens (tertiary/aromatic N) is 3. The van der Waals surface area contributed by atoms with E-state index in [4.69, 9.17) is 4.74 Å². The third kappa shape index (κ3) is 2.71. The van der Waals surface area contributed by atoms with Crippen LogP contribution in [0.5, 0.6) is 11.5 Å². The summed E-state index contributed by atoms with van der Waals surface area (Å²) in [6.45, 7) is 3.60. The molecule has 0 bridgehead atoms. The summed E-state index contributed by atoms with van der Waals surface area (Å²) < 4.78 is 7.37. The second-order valence-corrected chi connectivity index (χ2v) is 5.33. The first-order valence-electron chi connectivity index (χ1n) is 7.20. The maximum absolute atomic E-state index is 9.90. The highest BCUT2D eigenvalue weighted by Crippen LogP contribution is 2.24. The van der Waals surface area contributed by atoms with Crippen LogP contribution in [0.1, 0.15) is 36.6 Å². The van der Waals surface area contributed by atoms with Gasteiger partial charge in [0.1, 0.15) is 23.1 Å². The second kappa shape index (κ2) is 5.73. The van der Waals surface area contributed by atoms with Crippen molar-refractivity contribution < 1.29 is 9.84 Å². The number of phenolic OH excluding ortho intramolecular Hbond substituents is 1. The molecule has 1 aromatic carbocycles. The highest BCUT2D eigenvalue weighted by atomic mass is 16.5. The molecule has 0 amide bonds. The van der Waals surface area contributed by atoms with Crippen LogP contribution in [-0.4, -0.2) is 27.0 Å². The summed E-state index contributed by atoms with van der Waals surface area (Å²) in [6, 6.07) is 5.31. The molecular weight excluding hydrogens is 268 g/mol. The number of ether oxygens (including phenoxy) is 1. The third-order valence-corrected chi connectivity index (χ3v) is 3.91. The van der Waals surface area contributed by atoms with Gasteiger partial charge < -0.3 is 19.7 Å². The monoisotopic (exact) mass is 288 g/mol. The van der Waals surface area contributed by atoms with E-state index in [1.807, 2.05) is 6.07 Å². The largest absolute Gasteiger partial charge is 0.508 e. The molecule has 21 heavy (non-hydrogen) atoms. The number of fused-ring (bicyclic) bond motifs is 1. The fourth-order valence-electron chi connectivity index (χ4n) is 2.68. The van der Waals surface area contributed by atoms with Crippen LogP contribution in [0.4, 0.5) is 0 Å². The van der Waals surface area contributed by atoms with Gasteiger partial charge in [0.2, 0.25) is 0 Å². The van der Waals surface area contributed by atoms with E-state index >= 15 is 0 Å². The number of aryl methyl sites for hydroxylation is 1. The molecule has 2 aromatic rings. The minimum atomic E-state index is 0.0787. The number of aromatic nitrogens is 3. The Bertz CT molecular complexity index is 639. The molecule has 1 aromatic heterocycles. The summed E-state index contributed by atoms with van der Waals surface area (Å²) in [4.78, 5) is 0. The summed E-state index contributed by atoms with van der Waals surface area (Å²) in [7, 11) is 1.62. The van der Waals surface area contributed by atoms with Gasteiger partial charge in [-0.15, -0.1) is 10.2 Å². The van der Waals surface area contributed by atoms with Gasteiger partial charge in [0.15, 0.2) is 0 Å². The van der Waals surface area contributed by atoms with Gasteiger partial charge in [0, 0.05) is 25.1 Å². The normalized spacial score (nSPS) is 15.0. The van der Waals surface area contributed by atoms with E-state index in [-0.39, 0.29) is 11.8 Å². The van der Waals surface area contributed by atoms with Crippen molar-refractivity contribution in [3.8, 4) is 11.5 Å². The SMILES string of the molecule is COc1ccc(O)c(CNC(C)c2nnc3n2CCC3)c1. The fraction of sp³-hybridized carbons (Fsp3) is 0.467. The smallest absolute Gasteiger partial charge is 0.149 e. The van der Waals surface area contributed by atoms with Gasteiger partial charge in [-0.25, -0.2) is 0 Å². The Balaban J connectivity index is 1.69. The Labute approximate surface area is 123 Å². The zero-order valence-electron chi connectivity index (χ0n) is 12.3. The van der Waals surface area contributed by atoms with E-state index in [1.165, 1.54) is 0 Å². The number of hydrogen-bond donors (Lipinski definition) is 2. The Hall–Kier alpha value is -2.08. The lowest BCUT2D eigenvalue weighted by molar-refractivity contribution is 0.409. The lowest BCUT2D eigenvalue weighted by Crippen LogP contribution is -2.21. The number of phenols is 1. The molecule has 0 fully saturated rings. The standard InChI is InChI=1S/C15H20N4O2/c1-10(15-18-17-14-4-3-7-19(14)15)16-9-11-8-12(21-2)5-6-13(11)20/h5-6,8,10,16,20H,3-4,7,9H2,1-2H3. The zero-order chi connectivity index (χ0) is 14.8. The van der Waals surface area contributed by atoms with Crippen LogP contribution >= 0.6 is 0 Å². The van der Waals surface area contributed by atoms with E-state index in [0.29, 0.717) is 6.54 Å². The summed E-state index contributed by atoms with van der Waals surface area (Å²) >= 11 is 0. The van der Waals surface area contributed by atoms with Crippen molar-refractivity contribution in [3.63, 3.8) is 0 Å². The van der Waals surface area contributed by atoms with Crippen LogP contribution in [0.2, 0.25) is 0 Å². The second-order valence-electron chi connectivity index (χ2n) is 5.33. The molecule has 1 atom stereocenters. The first-order chi connectivity index (χ1) is 10.2. The summed E-state index contributed by atoms with van der Waals surface area (Å²) in [5.74, 6) is 3.04. The quantitative estimate of drug-likeness (QED) is 0.877. The Morgan fingerprint density at radius 1 is 1.43 bits per heavy atom. The predicted octanol–water partition coefficient (Wildman–Crippen LogP) is 1.79. The van der Waals surface area contributed by atoms with Crippen molar-refractivity contribution in [1.29, 1.82) is 0 Å². The van der Waals surface area contributed by atoms with E-state index in [9.17, 15) is 5.11 Å². The molecule has 0 spiro atoms. The topological polar surface area (TPSA) is 72.2 Å². The molecule has 1 unspecified atom stereocenters. The molecule has 112 valence electrons. The molecule has 2 N–H and O–H groups in total. The minimum Gasteiger partial charge on any atom is -0.508 e. The van der Waals surface area contributed by atoms with Crippen LogP contribution in [0.3, 0.4) is 0 Å². The average Bonchev–Trinajstić information content (AvgIpc) is 3.09. The molecule has 0 aliphatic carbocycles. The molecule has 0 saturated carbocycles. The van der Waals surface area contributed by atoms with Gasteiger partial charge in [-0.05, 0) is 31.5 Å². The number of benzene rings is 1. The van der Waals surface area contributed by atoms with E-state index in [2.05, 4.69) is 27.0 Å². The highest BCUT2D eigenvalue weighted by molar-refractivity contribution is 5.39. The highest BCUT2D eigenvalue weighted by Gasteiger charge is 2.21. The molecule has 0 radical (unpaired) electrons. The Kier molecular flexibility index (Phi) is 3.79. The lowest BCUT2D eigenvalue weighted by Gasteiger charge is -2.15. The molecule has 1 aliphatic rings. The van der Waals surface area contributed by atoms with Crippen molar-refractivity contribution in [1.82, 2.24) is 20.1 Å². The van der Waals surface area contributed by atoms with Crippen LogP contribution in [-0.2, 0) is 19.5 Å². The molecule has 6 nitrogen and oxygen atoms in total. The van der Waals surface area contributed by atoms with Crippen molar-refractivity contribution in [2.45, 2.75) is 38.9 Å². The van der Waals surface area contributed by atoms with Gasteiger partial charge in [0.05, 0.1) is 13.2 Å². The predicted molar refractivity (Wildman–Crippen MR) is 78.3 cm³/mol. The Morgan fingerprint density at radius 3 is 3.10 bits per heavy atom. The maximum atomic E-state index is 9.90. The maximum Gasteiger partial charge on any atom is 0.149 e. The zero-order valence-corrected chi connectivity index (χ0v) is 12.3. The molecular formula is C15H20N4O2. The van der Waals surface area contributed by atoms with Gasteiger partial charge in [0.25, 0.3) is 0 Å². The molecule has 1 aliphatic heterocycles. The van der Waals surface area contributed by atoms with Crippen LogP contribution in [0.15, 0.2) is 18.2 Å². The van der Waals surface area contributed by atoms with Gasteiger partial charge in [-0.1, -0.05) is 0 Å².